The molecule has 0 amide bonds. The quantitative estimate of drug-likeness (QED) is 0.788. The minimum Gasteiger partial charge on any atom is -0.400 e. The monoisotopic (exact) mass is 302 g/mol. The molecular weight excluding hydrogens is 275 g/mol. The normalized spacial score (nSPS) is 21.1. The standard InChI is InChI=1S/C17H27BO2Si/c1-16(2)17(3,4)20-18(19-16)13-10-14-21(5,6)15-11-8-7-9-12-15/h7-13H,14H2,1-6H3/b13-10+. The van der Waals surface area contributed by atoms with Gasteiger partial charge in [-0.3, -0.25) is 0 Å². The first-order chi connectivity index (χ1) is 9.64. The molecule has 1 aromatic rings. The lowest BCUT2D eigenvalue weighted by molar-refractivity contribution is 0.00578. The first-order valence-corrected chi connectivity index (χ1v) is 10.9. The Balaban J connectivity index is 1.98. The summed E-state index contributed by atoms with van der Waals surface area (Å²) in [6.07, 6.45) is 2.24. The highest BCUT2D eigenvalue weighted by Gasteiger charge is 2.50. The lowest BCUT2D eigenvalue weighted by Gasteiger charge is -2.32. The summed E-state index contributed by atoms with van der Waals surface area (Å²) in [4.78, 5) is 0. The molecule has 1 fully saturated rings. The van der Waals surface area contributed by atoms with E-state index < -0.39 is 8.07 Å². The van der Waals surface area contributed by atoms with Gasteiger partial charge < -0.3 is 9.31 Å². The van der Waals surface area contributed by atoms with E-state index in [2.05, 4.69) is 83.2 Å². The summed E-state index contributed by atoms with van der Waals surface area (Å²) < 4.78 is 12.0. The average molecular weight is 302 g/mol. The predicted octanol–water partition coefficient (Wildman–Crippen LogP) is 3.79. The van der Waals surface area contributed by atoms with Crippen LogP contribution in [0.25, 0.3) is 0 Å². The molecule has 114 valence electrons. The summed E-state index contributed by atoms with van der Waals surface area (Å²) in [7, 11) is -1.65. The van der Waals surface area contributed by atoms with Gasteiger partial charge in [-0.25, -0.2) is 0 Å². The minimum atomic E-state index is -1.42. The molecule has 1 aliphatic rings. The van der Waals surface area contributed by atoms with Crippen LogP contribution in [0.5, 0.6) is 0 Å². The molecule has 1 saturated heterocycles. The Morgan fingerprint density at radius 1 is 1.00 bits per heavy atom. The van der Waals surface area contributed by atoms with Crippen molar-refractivity contribution in [2.45, 2.75) is 58.0 Å². The lowest BCUT2D eigenvalue weighted by Crippen LogP contribution is -2.41. The fourth-order valence-corrected chi connectivity index (χ4v) is 4.50. The van der Waals surface area contributed by atoms with Crippen molar-refractivity contribution in [3.63, 3.8) is 0 Å². The van der Waals surface area contributed by atoms with Gasteiger partial charge in [0.15, 0.2) is 0 Å². The lowest BCUT2D eigenvalue weighted by atomic mass is 9.90. The first kappa shape index (κ1) is 16.5. The fraction of sp³-hybridized carbons (Fsp3) is 0.529. The van der Waals surface area contributed by atoms with Crippen molar-refractivity contribution < 1.29 is 9.31 Å². The average Bonchev–Trinajstić information content (AvgIpc) is 2.58. The van der Waals surface area contributed by atoms with Crippen LogP contribution in [0.1, 0.15) is 27.7 Å². The third-order valence-electron chi connectivity index (χ3n) is 4.75. The molecule has 2 nitrogen and oxygen atoms in total. The van der Waals surface area contributed by atoms with E-state index in [0.717, 1.165) is 6.04 Å². The van der Waals surface area contributed by atoms with Gasteiger partial charge in [-0.1, -0.05) is 60.7 Å². The highest BCUT2D eigenvalue weighted by molar-refractivity contribution is 6.90. The Hall–Kier alpha value is -0.838. The van der Waals surface area contributed by atoms with Crippen LogP contribution in [0, 0.1) is 0 Å². The Bertz CT molecular complexity index is 493. The molecule has 0 unspecified atom stereocenters. The van der Waals surface area contributed by atoms with Gasteiger partial charge >= 0.3 is 7.12 Å². The van der Waals surface area contributed by atoms with Crippen LogP contribution in [0.3, 0.4) is 0 Å². The van der Waals surface area contributed by atoms with Gasteiger partial charge in [-0.05, 0) is 33.7 Å². The summed E-state index contributed by atoms with van der Waals surface area (Å²) in [6.45, 7) is 13.1. The van der Waals surface area contributed by atoms with Crippen molar-refractivity contribution in [3.05, 3.63) is 42.4 Å². The van der Waals surface area contributed by atoms with E-state index >= 15 is 0 Å². The van der Waals surface area contributed by atoms with Gasteiger partial charge in [0.25, 0.3) is 0 Å². The molecule has 0 N–H and O–H groups in total. The summed E-state index contributed by atoms with van der Waals surface area (Å²) in [5.74, 6) is 2.08. The number of rotatable bonds is 4. The van der Waals surface area contributed by atoms with Crippen molar-refractivity contribution in [1.29, 1.82) is 0 Å². The molecule has 0 aromatic heterocycles. The van der Waals surface area contributed by atoms with Crippen molar-refractivity contribution in [2.75, 3.05) is 0 Å². The van der Waals surface area contributed by atoms with Crippen molar-refractivity contribution in [2.24, 2.45) is 0 Å². The molecule has 0 radical (unpaired) electrons. The van der Waals surface area contributed by atoms with Gasteiger partial charge in [-0.2, -0.15) is 0 Å². The van der Waals surface area contributed by atoms with Crippen molar-refractivity contribution in [3.8, 4) is 0 Å². The van der Waals surface area contributed by atoms with Crippen LogP contribution in [0.4, 0.5) is 0 Å². The van der Waals surface area contributed by atoms with E-state index in [9.17, 15) is 0 Å². The summed E-state index contributed by atoms with van der Waals surface area (Å²) >= 11 is 0. The maximum Gasteiger partial charge on any atom is 0.486 e. The smallest absolute Gasteiger partial charge is 0.400 e. The van der Waals surface area contributed by atoms with Crippen molar-refractivity contribution >= 4 is 20.4 Å². The second kappa shape index (κ2) is 5.75. The number of allylic oxidation sites excluding steroid dienone is 1. The van der Waals surface area contributed by atoms with Gasteiger partial charge in [0.05, 0.1) is 19.3 Å². The van der Waals surface area contributed by atoms with E-state index in [1.165, 1.54) is 5.19 Å². The van der Waals surface area contributed by atoms with Crippen LogP contribution in [0.15, 0.2) is 42.4 Å². The molecule has 2 rings (SSSR count). The van der Waals surface area contributed by atoms with Crippen molar-refractivity contribution in [1.82, 2.24) is 0 Å². The number of hydrogen-bond acceptors (Lipinski definition) is 2. The fourth-order valence-electron chi connectivity index (χ4n) is 2.45. The Morgan fingerprint density at radius 2 is 1.52 bits per heavy atom. The molecule has 1 heterocycles. The molecule has 0 spiro atoms. The molecular formula is C17H27BO2Si. The molecule has 21 heavy (non-hydrogen) atoms. The molecule has 0 aliphatic carbocycles. The Kier molecular flexibility index (Phi) is 4.52. The molecule has 1 aromatic carbocycles. The molecule has 1 aliphatic heterocycles. The number of hydrogen-bond donors (Lipinski definition) is 0. The van der Waals surface area contributed by atoms with Crippen LogP contribution in [0.2, 0.25) is 19.1 Å². The number of benzene rings is 1. The zero-order valence-corrected chi connectivity index (χ0v) is 15.1. The first-order valence-electron chi connectivity index (χ1n) is 7.72. The molecule has 0 atom stereocenters. The van der Waals surface area contributed by atoms with E-state index in [1.54, 1.807) is 0 Å². The maximum absolute atomic E-state index is 5.99. The van der Waals surface area contributed by atoms with E-state index in [-0.39, 0.29) is 18.3 Å². The van der Waals surface area contributed by atoms with Gasteiger partial charge in [0.1, 0.15) is 0 Å². The predicted molar refractivity (Wildman–Crippen MR) is 93.6 cm³/mol. The Morgan fingerprint density at radius 3 is 2.05 bits per heavy atom. The van der Waals surface area contributed by atoms with E-state index in [1.807, 2.05) is 0 Å². The van der Waals surface area contributed by atoms with Gasteiger partial charge in [0, 0.05) is 0 Å². The van der Waals surface area contributed by atoms with Crippen LogP contribution < -0.4 is 5.19 Å². The molecule has 4 heteroatoms. The second-order valence-electron chi connectivity index (χ2n) is 7.51. The SMILES string of the molecule is CC1(C)OB(/C=C/C[Si](C)(C)c2ccccc2)OC1(C)C. The van der Waals surface area contributed by atoms with E-state index in [0.29, 0.717) is 0 Å². The van der Waals surface area contributed by atoms with Crippen LogP contribution in [-0.4, -0.2) is 26.4 Å². The minimum absolute atomic E-state index is 0.226. The zero-order valence-electron chi connectivity index (χ0n) is 14.1. The molecule has 0 saturated carbocycles. The second-order valence-corrected chi connectivity index (χ2v) is 12.3. The third kappa shape index (κ3) is 3.68. The largest absolute Gasteiger partial charge is 0.486 e. The Labute approximate surface area is 130 Å². The topological polar surface area (TPSA) is 18.5 Å². The summed E-state index contributed by atoms with van der Waals surface area (Å²) in [6, 6.07) is 11.9. The highest BCUT2D eigenvalue weighted by atomic mass is 28.3. The van der Waals surface area contributed by atoms with Crippen LogP contribution in [-0.2, 0) is 9.31 Å². The highest BCUT2D eigenvalue weighted by Crippen LogP contribution is 2.36. The van der Waals surface area contributed by atoms with Crippen LogP contribution >= 0.6 is 0 Å². The molecule has 0 bridgehead atoms. The summed E-state index contributed by atoms with van der Waals surface area (Å²) in [5.41, 5.74) is -0.511. The third-order valence-corrected chi connectivity index (χ3v) is 7.90. The van der Waals surface area contributed by atoms with Gasteiger partial charge in [-0.15, -0.1) is 0 Å². The van der Waals surface area contributed by atoms with E-state index in [4.69, 9.17) is 9.31 Å². The van der Waals surface area contributed by atoms with Gasteiger partial charge in [0.2, 0.25) is 0 Å². The maximum atomic E-state index is 5.99. The zero-order chi connectivity index (χ0) is 15.7. The summed E-state index contributed by atoms with van der Waals surface area (Å²) in [5, 5.41) is 1.49.